The fourth-order valence-corrected chi connectivity index (χ4v) is 1.96. The zero-order chi connectivity index (χ0) is 15.1. The van der Waals surface area contributed by atoms with Crippen LogP contribution in [-0.2, 0) is 13.1 Å². The van der Waals surface area contributed by atoms with Crippen LogP contribution in [0.2, 0.25) is 0 Å². The number of nitrogens with one attached hydrogen (secondary N) is 1. The Labute approximate surface area is 122 Å². The maximum absolute atomic E-state index is 13.8. The summed E-state index contributed by atoms with van der Waals surface area (Å²) in [7, 11) is 0. The lowest BCUT2D eigenvalue weighted by Gasteiger charge is -2.10. The van der Waals surface area contributed by atoms with Crippen LogP contribution in [0.4, 0.5) is 8.78 Å². The van der Waals surface area contributed by atoms with Gasteiger partial charge in [-0.05, 0) is 30.7 Å². The first-order chi connectivity index (χ1) is 10.2. The van der Waals surface area contributed by atoms with E-state index in [0.717, 1.165) is 6.54 Å². The van der Waals surface area contributed by atoms with Crippen LogP contribution in [-0.4, -0.2) is 22.7 Å². The van der Waals surface area contributed by atoms with Crippen LogP contribution in [0.1, 0.15) is 18.9 Å². The summed E-state index contributed by atoms with van der Waals surface area (Å²) in [5, 5.41) is 3.02. The normalized spacial score (nSPS) is 10.8. The molecular formula is C15H19F2N3O. The summed E-state index contributed by atoms with van der Waals surface area (Å²) in [6, 6.07) is 2.61. The van der Waals surface area contributed by atoms with Crippen LogP contribution < -0.4 is 10.1 Å². The molecule has 0 fully saturated rings. The minimum atomic E-state index is -0.662. The smallest absolute Gasteiger partial charge is 0.190 e. The number of hydrogen-bond donors (Lipinski definition) is 1. The molecular weight excluding hydrogens is 276 g/mol. The number of aromatic nitrogens is 2. The highest BCUT2D eigenvalue weighted by molar-refractivity contribution is 5.31. The Bertz CT molecular complexity index is 535. The number of nitrogens with zero attached hydrogens (tertiary/aromatic N) is 2. The predicted octanol–water partition coefficient (Wildman–Crippen LogP) is 2.74. The number of rotatable bonds is 8. The first-order valence-electron chi connectivity index (χ1n) is 6.98. The SMILES string of the molecule is CCNCc1cc(F)c(OCCCn2ccnc2)c(F)c1. The number of benzene rings is 1. The van der Waals surface area contributed by atoms with Gasteiger partial charge in [-0.1, -0.05) is 6.92 Å². The van der Waals surface area contributed by atoms with Gasteiger partial charge in [0, 0.05) is 25.5 Å². The maximum Gasteiger partial charge on any atom is 0.190 e. The Morgan fingerprint density at radius 1 is 1.29 bits per heavy atom. The lowest BCUT2D eigenvalue weighted by Crippen LogP contribution is -2.12. The second-order valence-electron chi connectivity index (χ2n) is 4.67. The highest BCUT2D eigenvalue weighted by Crippen LogP contribution is 2.23. The van der Waals surface area contributed by atoms with Crippen LogP contribution in [0.5, 0.6) is 5.75 Å². The van der Waals surface area contributed by atoms with Crippen LogP contribution in [0.3, 0.4) is 0 Å². The van der Waals surface area contributed by atoms with Gasteiger partial charge >= 0.3 is 0 Å². The highest BCUT2D eigenvalue weighted by atomic mass is 19.1. The highest BCUT2D eigenvalue weighted by Gasteiger charge is 2.12. The number of aryl methyl sites for hydroxylation is 1. The molecule has 0 bridgehead atoms. The maximum atomic E-state index is 13.8. The van der Waals surface area contributed by atoms with E-state index in [0.29, 0.717) is 25.1 Å². The molecule has 0 atom stereocenters. The van der Waals surface area contributed by atoms with E-state index in [1.54, 1.807) is 12.5 Å². The molecule has 1 N–H and O–H groups in total. The summed E-state index contributed by atoms with van der Waals surface area (Å²) in [5.41, 5.74) is 0.567. The van der Waals surface area contributed by atoms with Gasteiger partial charge < -0.3 is 14.6 Å². The van der Waals surface area contributed by atoms with Crippen molar-refractivity contribution in [3.63, 3.8) is 0 Å². The van der Waals surface area contributed by atoms with E-state index in [1.807, 2.05) is 17.7 Å². The second kappa shape index (κ2) is 7.73. The molecule has 2 aromatic rings. The van der Waals surface area contributed by atoms with Gasteiger partial charge in [-0.15, -0.1) is 0 Å². The molecule has 0 aliphatic carbocycles. The topological polar surface area (TPSA) is 39.1 Å². The van der Waals surface area contributed by atoms with E-state index >= 15 is 0 Å². The second-order valence-corrected chi connectivity index (χ2v) is 4.67. The molecule has 0 amide bonds. The molecule has 1 heterocycles. The minimum Gasteiger partial charge on any atom is -0.488 e. The summed E-state index contributed by atoms with van der Waals surface area (Å²) in [4.78, 5) is 3.92. The Hall–Kier alpha value is -1.95. The lowest BCUT2D eigenvalue weighted by atomic mass is 10.2. The molecule has 0 aliphatic heterocycles. The third kappa shape index (κ3) is 4.53. The van der Waals surface area contributed by atoms with Gasteiger partial charge in [-0.2, -0.15) is 0 Å². The molecule has 0 saturated carbocycles. The van der Waals surface area contributed by atoms with Crippen molar-refractivity contribution in [2.24, 2.45) is 0 Å². The number of ether oxygens (including phenoxy) is 1. The zero-order valence-electron chi connectivity index (χ0n) is 12.0. The van der Waals surface area contributed by atoms with Gasteiger partial charge in [-0.25, -0.2) is 13.8 Å². The molecule has 114 valence electrons. The Kier molecular flexibility index (Phi) is 5.68. The summed E-state index contributed by atoms with van der Waals surface area (Å²) in [6.45, 7) is 4.06. The van der Waals surface area contributed by atoms with Crippen molar-refractivity contribution in [2.75, 3.05) is 13.2 Å². The van der Waals surface area contributed by atoms with Crippen molar-refractivity contribution in [3.8, 4) is 5.75 Å². The first kappa shape index (κ1) is 15.4. The van der Waals surface area contributed by atoms with Gasteiger partial charge in [0.1, 0.15) is 0 Å². The predicted molar refractivity (Wildman–Crippen MR) is 76.1 cm³/mol. The van der Waals surface area contributed by atoms with Gasteiger partial charge in [-0.3, -0.25) is 0 Å². The molecule has 0 aliphatic rings. The first-order valence-corrected chi connectivity index (χ1v) is 6.98. The summed E-state index contributed by atoms with van der Waals surface area (Å²) < 4.78 is 34.8. The molecule has 1 aromatic carbocycles. The van der Waals surface area contributed by atoms with Crippen LogP contribution in [0.15, 0.2) is 30.9 Å². The third-order valence-electron chi connectivity index (χ3n) is 3.00. The van der Waals surface area contributed by atoms with Gasteiger partial charge in [0.25, 0.3) is 0 Å². The molecule has 0 saturated heterocycles. The van der Waals surface area contributed by atoms with Crippen molar-refractivity contribution < 1.29 is 13.5 Å². The monoisotopic (exact) mass is 295 g/mol. The summed E-state index contributed by atoms with van der Waals surface area (Å²) >= 11 is 0. The zero-order valence-corrected chi connectivity index (χ0v) is 12.0. The van der Waals surface area contributed by atoms with E-state index in [-0.39, 0.29) is 12.4 Å². The molecule has 1 aromatic heterocycles. The molecule has 4 nitrogen and oxygen atoms in total. The van der Waals surface area contributed by atoms with Crippen LogP contribution >= 0.6 is 0 Å². The largest absolute Gasteiger partial charge is 0.488 e. The Morgan fingerprint density at radius 2 is 2.05 bits per heavy atom. The van der Waals surface area contributed by atoms with Gasteiger partial charge in [0.2, 0.25) is 0 Å². The molecule has 0 spiro atoms. The van der Waals surface area contributed by atoms with Gasteiger partial charge in [0.15, 0.2) is 17.4 Å². The van der Waals surface area contributed by atoms with Gasteiger partial charge in [0.05, 0.1) is 12.9 Å². The quantitative estimate of drug-likeness (QED) is 0.761. The fraction of sp³-hybridized carbons (Fsp3) is 0.400. The molecule has 6 heteroatoms. The molecule has 0 unspecified atom stereocenters. The third-order valence-corrected chi connectivity index (χ3v) is 3.00. The van der Waals surface area contributed by atoms with Crippen molar-refractivity contribution in [3.05, 3.63) is 48.1 Å². The average Bonchev–Trinajstić information content (AvgIpc) is 2.96. The lowest BCUT2D eigenvalue weighted by molar-refractivity contribution is 0.272. The minimum absolute atomic E-state index is 0.249. The van der Waals surface area contributed by atoms with E-state index < -0.39 is 11.6 Å². The average molecular weight is 295 g/mol. The molecule has 21 heavy (non-hydrogen) atoms. The van der Waals surface area contributed by atoms with Crippen molar-refractivity contribution in [2.45, 2.75) is 26.4 Å². The van der Waals surface area contributed by atoms with Crippen LogP contribution in [0, 0.1) is 11.6 Å². The van der Waals surface area contributed by atoms with E-state index in [4.69, 9.17) is 4.74 Å². The number of imidazole rings is 1. The number of hydrogen-bond acceptors (Lipinski definition) is 3. The van der Waals surface area contributed by atoms with E-state index in [9.17, 15) is 8.78 Å². The molecule has 0 radical (unpaired) electrons. The number of halogens is 2. The van der Waals surface area contributed by atoms with Crippen molar-refractivity contribution in [1.82, 2.24) is 14.9 Å². The Balaban J connectivity index is 1.87. The molecule has 2 rings (SSSR count). The van der Waals surface area contributed by atoms with E-state index in [1.165, 1.54) is 12.1 Å². The van der Waals surface area contributed by atoms with Crippen molar-refractivity contribution >= 4 is 0 Å². The van der Waals surface area contributed by atoms with E-state index in [2.05, 4.69) is 10.3 Å². The standard InChI is InChI=1S/C15H19F2N3O/c1-2-18-10-12-8-13(16)15(14(17)9-12)21-7-3-5-20-6-4-19-11-20/h4,6,8-9,11,18H,2-3,5,7,10H2,1H3. The Morgan fingerprint density at radius 3 is 2.67 bits per heavy atom. The summed E-state index contributed by atoms with van der Waals surface area (Å²) in [5.74, 6) is -1.63. The van der Waals surface area contributed by atoms with Crippen LogP contribution in [0.25, 0.3) is 0 Å². The summed E-state index contributed by atoms with van der Waals surface area (Å²) in [6.07, 6.45) is 5.85. The van der Waals surface area contributed by atoms with Crippen molar-refractivity contribution in [1.29, 1.82) is 0 Å². The fourth-order valence-electron chi connectivity index (χ4n) is 1.96.